The molecule has 0 aromatic rings. The van der Waals surface area contributed by atoms with Crippen LogP contribution in [0.4, 0.5) is 0 Å². The summed E-state index contributed by atoms with van der Waals surface area (Å²) in [4.78, 5) is 12.3. The molecule has 0 aromatic carbocycles. The second-order valence-electron chi connectivity index (χ2n) is 10.6. The topological polar surface area (TPSA) is 57.5 Å². The molecule has 4 aliphatic rings. The summed E-state index contributed by atoms with van der Waals surface area (Å²) in [5.41, 5.74) is -0.611. The van der Waals surface area contributed by atoms with E-state index >= 15 is 0 Å². The Kier molecular flexibility index (Phi) is 3.99. The van der Waals surface area contributed by atoms with Gasteiger partial charge in [0, 0.05) is 24.9 Å². The number of hydrogen-bond donors (Lipinski definition) is 2. The van der Waals surface area contributed by atoms with Crippen LogP contribution in [0.5, 0.6) is 0 Å². The number of rotatable bonds is 1. The van der Waals surface area contributed by atoms with Crippen molar-refractivity contribution in [1.82, 2.24) is 0 Å². The first-order valence-corrected chi connectivity index (χ1v) is 10.5. The van der Waals surface area contributed by atoms with Gasteiger partial charge < -0.3 is 10.2 Å². The van der Waals surface area contributed by atoms with Gasteiger partial charge in [0.2, 0.25) is 0 Å². The maximum atomic E-state index is 12.3. The first-order valence-electron chi connectivity index (χ1n) is 10.5. The molecule has 3 nitrogen and oxygen atoms in total. The number of aliphatic hydroxyl groups is 2. The van der Waals surface area contributed by atoms with E-state index in [4.69, 9.17) is 0 Å². The van der Waals surface area contributed by atoms with Crippen molar-refractivity contribution in [3.63, 3.8) is 0 Å². The van der Waals surface area contributed by atoms with Gasteiger partial charge in [-0.1, -0.05) is 20.8 Å². The zero-order valence-electron chi connectivity index (χ0n) is 16.4. The van der Waals surface area contributed by atoms with Crippen LogP contribution in [0.2, 0.25) is 0 Å². The van der Waals surface area contributed by atoms with Gasteiger partial charge in [0.05, 0.1) is 5.60 Å². The first kappa shape index (κ1) is 18.0. The lowest BCUT2D eigenvalue weighted by Gasteiger charge is -2.64. The molecule has 0 heterocycles. The number of aliphatic hydroxyl groups excluding tert-OH is 1. The van der Waals surface area contributed by atoms with Gasteiger partial charge in [-0.25, -0.2) is 0 Å². The van der Waals surface area contributed by atoms with Crippen molar-refractivity contribution in [1.29, 1.82) is 0 Å². The van der Waals surface area contributed by atoms with E-state index in [1.807, 2.05) is 6.92 Å². The Morgan fingerprint density at radius 2 is 1.72 bits per heavy atom. The third-order valence-corrected chi connectivity index (χ3v) is 9.88. The van der Waals surface area contributed by atoms with Crippen molar-refractivity contribution >= 4 is 5.78 Å². The molecule has 0 aromatic heterocycles. The van der Waals surface area contributed by atoms with Gasteiger partial charge in [0.25, 0.3) is 0 Å². The minimum Gasteiger partial charge on any atom is -0.396 e. The van der Waals surface area contributed by atoms with Crippen LogP contribution in [0.15, 0.2) is 0 Å². The summed E-state index contributed by atoms with van der Waals surface area (Å²) in [5.74, 6) is 3.21. The molecule has 2 N–H and O–H groups in total. The van der Waals surface area contributed by atoms with Crippen molar-refractivity contribution < 1.29 is 15.0 Å². The standard InChI is InChI=1S/C22H36O3/c1-13-9-16-17-6-8-21(4,25)20(17,3)7-5-18(16)22(12-23)14(2)10-15(24)11-19(13)22/h13-14,16-19,23,25H,5-12H2,1-4H3/t13?,14?,16-,17-,18+,19?,20-,21?,22+/m0/s1. The molecule has 142 valence electrons. The molecule has 0 bridgehead atoms. The minimum absolute atomic E-state index is 0.0189. The number of carbonyl (C=O) groups excluding carboxylic acids is 1. The summed E-state index contributed by atoms with van der Waals surface area (Å²) >= 11 is 0. The van der Waals surface area contributed by atoms with Crippen LogP contribution in [0.1, 0.15) is 72.6 Å². The molecule has 0 aliphatic heterocycles. The smallest absolute Gasteiger partial charge is 0.133 e. The predicted molar refractivity (Wildman–Crippen MR) is 97.9 cm³/mol. The van der Waals surface area contributed by atoms with E-state index < -0.39 is 5.60 Å². The molecule has 0 radical (unpaired) electrons. The van der Waals surface area contributed by atoms with Crippen LogP contribution in [-0.2, 0) is 4.79 Å². The van der Waals surface area contributed by atoms with E-state index in [1.165, 1.54) is 6.42 Å². The third kappa shape index (κ3) is 2.15. The Balaban J connectivity index is 1.75. The van der Waals surface area contributed by atoms with E-state index in [1.54, 1.807) is 0 Å². The van der Waals surface area contributed by atoms with Gasteiger partial charge in [-0.3, -0.25) is 4.79 Å². The minimum atomic E-state index is -0.552. The first-order chi connectivity index (χ1) is 11.7. The van der Waals surface area contributed by atoms with Crippen LogP contribution in [-0.4, -0.2) is 28.2 Å². The monoisotopic (exact) mass is 348 g/mol. The zero-order chi connectivity index (χ0) is 18.2. The van der Waals surface area contributed by atoms with E-state index in [2.05, 4.69) is 20.8 Å². The second kappa shape index (κ2) is 5.55. The summed E-state index contributed by atoms with van der Waals surface area (Å²) in [6, 6.07) is 0. The molecular formula is C22H36O3. The molecule has 9 atom stereocenters. The molecular weight excluding hydrogens is 312 g/mol. The van der Waals surface area contributed by atoms with E-state index in [0.717, 1.165) is 25.7 Å². The van der Waals surface area contributed by atoms with Crippen LogP contribution in [0.3, 0.4) is 0 Å². The van der Waals surface area contributed by atoms with Gasteiger partial charge in [-0.2, -0.15) is 0 Å². The Hall–Kier alpha value is -0.410. The molecule has 0 amide bonds. The fourth-order valence-corrected chi connectivity index (χ4v) is 8.30. The highest BCUT2D eigenvalue weighted by Crippen LogP contribution is 2.69. The van der Waals surface area contributed by atoms with E-state index in [-0.39, 0.29) is 23.4 Å². The van der Waals surface area contributed by atoms with Gasteiger partial charge >= 0.3 is 0 Å². The number of hydrogen-bond acceptors (Lipinski definition) is 3. The Morgan fingerprint density at radius 1 is 1.04 bits per heavy atom. The summed E-state index contributed by atoms with van der Waals surface area (Å²) in [7, 11) is 0. The van der Waals surface area contributed by atoms with Crippen LogP contribution >= 0.6 is 0 Å². The van der Waals surface area contributed by atoms with Gasteiger partial charge in [0.15, 0.2) is 0 Å². The van der Waals surface area contributed by atoms with Gasteiger partial charge in [-0.15, -0.1) is 0 Å². The average Bonchev–Trinajstić information content (AvgIpc) is 2.78. The molecule has 0 saturated heterocycles. The lowest BCUT2D eigenvalue weighted by atomic mass is 9.40. The van der Waals surface area contributed by atoms with Crippen molar-refractivity contribution in [2.45, 2.75) is 78.2 Å². The lowest BCUT2D eigenvalue weighted by Crippen LogP contribution is -2.62. The summed E-state index contributed by atoms with van der Waals surface area (Å²) in [6.07, 6.45) is 6.70. The Bertz CT molecular complexity index is 570. The fourth-order valence-electron chi connectivity index (χ4n) is 8.30. The van der Waals surface area contributed by atoms with Crippen molar-refractivity contribution in [3.05, 3.63) is 0 Å². The normalized spacial score (nSPS) is 58.4. The van der Waals surface area contributed by atoms with Gasteiger partial charge in [0.1, 0.15) is 5.78 Å². The summed E-state index contributed by atoms with van der Waals surface area (Å²) in [6.45, 7) is 9.13. The second-order valence-corrected chi connectivity index (χ2v) is 10.6. The Morgan fingerprint density at radius 3 is 2.40 bits per heavy atom. The highest BCUT2D eigenvalue weighted by molar-refractivity contribution is 5.80. The quantitative estimate of drug-likeness (QED) is 0.757. The lowest BCUT2D eigenvalue weighted by molar-refractivity contribution is -0.194. The predicted octanol–water partition coefficient (Wildman–Crippen LogP) is 3.81. The van der Waals surface area contributed by atoms with Crippen molar-refractivity contribution in [2.24, 2.45) is 46.3 Å². The van der Waals surface area contributed by atoms with Crippen LogP contribution in [0, 0.1) is 46.3 Å². The number of Topliss-reactive ketones (excluding diaryl/α,β-unsaturated/α-hetero) is 1. The number of fused-ring (bicyclic) bond motifs is 5. The third-order valence-electron chi connectivity index (χ3n) is 9.88. The molecule has 4 rings (SSSR count). The molecule has 4 saturated carbocycles. The molecule has 0 spiro atoms. The molecule has 25 heavy (non-hydrogen) atoms. The maximum absolute atomic E-state index is 12.3. The zero-order valence-corrected chi connectivity index (χ0v) is 16.4. The number of ketones is 1. The maximum Gasteiger partial charge on any atom is 0.133 e. The highest BCUT2D eigenvalue weighted by atomic mass is 16.3. The van der Waals surface area contributed by atoms with Crippen molar-refractivity contribution in [2.75, 3.05) is 6.61 Å². The summed E-state index contributed by atoms with van der Waals surface area (Å²) < 4.78 is 0. The largest absolute Gasteiger partial charge is 0.396 e. The van der Waals surface area contributed by atoms with E-state index in [0.29, 0.717) is 48.2 Å². The highest BCUT2D eigenvalue weighted by Gasteiger charge is 2.66. The fraction of sp³-hybridized carbons (Fsp3) is 0.955. The summed E-state index contributed by atoms with van der Waals surface area (Å²) in [5, 5.41) is 21.7. The number of carbonyl (C=O) groups is 1. The van der Waals surface area contributed by atoms with Gasteiger partial charge in [-0.05, 0) is 80.0 Å². The average molecular weight is 349 g/mol. The van der Waals surface area contributed by atoms with Crippen LogP contribution in [0.25, 0.3) is 0 Å². The Labute approximate surface area is 152 Å². The van der Waals surface area contributed by atoms with Crippen LogP contribution < -0.4 is 0 Å². The van der Waals surface area contributed by atoms with E-state index in [9.17, 15) is 15.0 Å². The molecule has 4 unspecified atom stereocenters. The molecule has 3 heteroatoms. The van der Waals surface area contributed by atoms with Crippen molar-refractivity contribution in [3.8, 4) is 0 Å². The SMILES string of the molecule is CC1C[C@@H]2[C@@H](CC[C@@]3(C)[C@H]2CCC3(C)O)[C@@]2(CO)C(C)CC(=O)CC12. The molecule has 4 fully saturated rings. The molecule has 4 aliphatic carbocycles.